The van der Waals surface area contributed by atoms with Crippen LogP contribution in [0.4, 0.5) is 4.39 Å². The third-order valence-corrected chi connectivity index (χ3v) is 6.83. The first-order valence-electron chi connectivity index (χ1n) is 11.2. The van der Waals surface area contributed by atoms with Gasteiger partial charge in [0.2, 0.25) is 0 Å². The van der Waals surface area contributed by atoms with E-state index < -0.39 is 6.10 Å². The number of benzene rings is 2. The number of aliphatic hydroxyl groups is 1. The van der Waals surface area contributed by atoms with E-state index in [0.717, 1.165) is 47.3 Å². The summed E-state index contributed by atoms with van der Waals surface area (Å²) in [4.78, 5) is 5.11. The molecule has 0 aliphatic heterocycles. The van der Waals surface area contributed by atoms with Crippen molar-refractivity contribution >= 4 is 0 Å². The van der Waals surface area contributed by atoms with E-state index in [1.54, 1.807) is 0 Å². The number of nitrogens with zero attached hydrogens (tertiary/aromatic N) is 1. The summed E-state index contributed by atoms with van der Waals surface area (Å²) in [6, 6.07) is 19.3. The SMILES string of the molecule is OC1CC(Cc2ccccc2)Cc2nc(C3CCCC3)cc(-c3ccc(F)cc3)c21. The zero-order chi connectivity index (χ0) is 20.5. The van der Waals surface area contributed by atoms with Crippen LogP contribution in [-0.2, 0) is 12.8 Å². The van der Waals surface area contributed by atoms with Gasteiger partial charge in [-0.1, -0.05) is 55.3 Å². The Kier molecular flexibility index (Phi) is 5.39. The molecule has 0 spiro atoms. The molecule has 2 nitrogen and oxygen atoms in total. The van der Waals surface area contributed by atoms with Gasteiger partial charge >= 0.3 is 0 Å². The van der Waals surface area contributed by atoms with E-state index in [4.69, 9.17) is 4.98 Å². The highest BCUT2D eigenvalue weighted by Crippen LogP contribution is 2.43. The highest BCUT2D eigenvalue weighted by atomic mass is 19.1. The van der Waals surface area contributed by atoms with Gasteiger partial charge in [0.25, 0.3) is 0 Å². The molecule has 0 saturated heterocycles. The van der Waals surface area contributed by atoms with Gasteiger partial charge in [0, 0.05) is 22.9 Å². The van der Waals surface area contributed by atoms with Crippen LogP contribution < -0.4 is 0 Å². The van der Waals surface area contributed by atoms with Crippen molar-refractivity contribution in [2.75, 3.05) is 0 Å². The average molecular weight is 402 g/mol. The predicted molar refractivity (Wildman–Crippen MR) is 118 cm³/mol. The zero-order valence-corrected chi connectivity index (χ0v) is 17.2. The van der Waals surface area contributed by atoms with Gasteiger partial charge in [-0.15, -0.1) is 0 Å². The van der Waals surface area contributed by atoms with Crippen molar-refractivity contribution in [3.05, 3.63) is 89.0 Å². The minimum absolute atomic E-state index is 0.235. The van der Waals surface area contributed by atoms with E-state index in [-0.39, 0.29) is 5.82 Å². The molecule has 1 fully saturated rings. The van der Waals surface area contributed by atoms with Crippen LogP contribution in [0.3, 0.4) is 0 Å². The lowest BCUT2D eigenvalue weighted by atomic mass is 9.78. The molecular weight excluding hydrogens is 373 g/mol. The van der Waals surface area contributed by atoms with Gasteiger partial charge in [-0.2, -0.15) is 0 Å². The second-order valence-electron chi connectivity index (χ2n) is 8.95. The number of pyridine rings is 1. The fourth-order valence-electron chi connectivity index (χ4n) is 5.35. The Bertz CT molecular complexity index is 1010. The summed E-state index contributed by atoms with van der Waals surface area (Å²) in [5, 5.41) is 11.1. The smallest absolute Gasteiger partial charge is 0.123 e. The monoisotopic (exact) mass is 401 g/mol. The number of aliphatic hydroxyl groups excluding tert-OH is 1. The maximum Gasteiger partial charge on any atom is 0.123 e. The van der Waals surface area contributed by atoms with Crippen LogP contribution in [0.1, 0.15) is 66.6 Å². The van der Waals surface area contributed by atoms with Crippen molar-refractivity contribution in [2.24, 2.45) is 5.92 Å². The minimum atomic E-state index is -0.535. The number of fused-ring (bicyclic) bond motifs is 1. The fraction of sp³-hybridized carbons (Fsp3) is 0.370. The van der Waals surface area contributed by atoms with Gasteiger partial charge in [-0.25, -0.2) is 4.39 Å². The fourth-order valence-corrected chi connectivity index (χ4v) is 5.35. The third-order valence-electron chi connectivity index (χ3n) is 6.83. The second-order valence-corrected chi connectivity index (χ2v) is 8.95. The molecule has 1 aromatic heterocycles. The molecule has 3 aromatic rings. The minimum Gasteiger partial charge on any atom is -0.388 e. The molecule has 30 heavy (non-hydrogen) atoms. The zero-order valence-electron chi connectivity index (χ0n) is 17.2. The molecule has 2 atom stereocenters. The largest absolute Gasteiger partial charge is 0.388 e. The van der Waals surface area contributed by atoms with Crippen LogP contribution in [0.25, 0.3) is 11.1 Å². The molecule has 1 saturated carbocycles. The molecule has 154 valence electrons. The van der Waals surface area contributed by atoms with Crippen molar-refractivity contribution < 1.29 is 9.50 Å². The van der Waals surface area contributed by atoms with Crippen LogP contribution >= 0.6 is 0 Å². The summed E-state index contributed by atoms with van der Waals surface area (Å²) in [5.74, 6) is 0.643. The van der Waals surface area contributed by atoms with Gasteiger partial charge < -0.3 is 5.11 Å². The molecule has 0 amide bonds. The molecule has 2 aliphatic carbocycles. The van der Waals surface area contributed by atoms with Crippen molar-refractivity contribution in [3.63, 3.8) is 0 Å². The number of hydrogen-bond donors (Lipinski definition) is 1. The van der Waals surface area contributed by atoms with Gasteiger partial charge in [0.15, 0.2) is 0 Å². The summed E-state index contributed by atoms with van der Waals surface area (Å²) in [6.45, 7) is 0. The Morgan fingerprint density at radius 2 is 1.70 bits per heavy atom. The molecule has 2 aromatic carbocycles. The van der Waals surface area contributed by atoms with E-state index >= 15 is 0 Å². The normalized spacial score (nSPS) is 21.5. The van der Waals surface area contributed by atoms with E-state index in [2.05, 4.69) is 30.3 Å². The lowest BCUT2D eigenvalue weighted by Gasteiger charge is -2.31. The van der Waals surface area contributed by atoms with Gasteiger partial charge in [-0.05, 0) is 72.9 Å². The second kappa shape index (κ2) is 8.31. The highest BCUT2D eigenvalue weighted by Gasteiger charge is 2.31. The highest BCUT2D eigenvalue weighted by molar-refractivity contribution is 5.69. The molecule has 2 aliphatic rings. The lowest BCUT2D eigenvalue weighted by Crippen LogP contribution is -2.23. The van der Waals surface area contributed by atoms with Gasteiger partial charge in [-0.3, -0.25) is 4.98 Å². The third kappa shape index (κ3) is 3.91. The Morgan fingerprint density at radius 1 is 0.967 bits per heavy atom. The van der Waals surface area contributed by atoms with Crippen LogP contribution in [0.5, 0.6) is 0 Å². The molecule has 1 N–H and O–H groups in total. The Balaban J connectivity index is 1.55. The number of rotatable bonds is 4. The van der Waals surface area contributed by atoms with E-state index in [0.29, 0.717) is 11.8 Å². The van der Waals surface area contributed by atoms with Crippen molar-refractivity contribution in [1.82, 2.24) is 4.98 Å². The quantitative estimate of drug-likeness (QED) is 0.550. The van der Waals surface area contributed by atoms with Crippen LogP contribution in [0.15, 0.2) is 60.7 Å². The predicted octanol–water partition coefficient (Wildman–Crippen LogP) is 6.38. The van der Waals surface area contributed by atoms with Crippen molar-refractivity contribution in [3.8, 4) is 11.1 Å². The maximum atomic E-state index is 13.5. The maximum absolute atomic E-state index is 13.5. The number of aromatic nitrogens is 1. The van der Waals surface area contributed by atoms with E-state index in [1.165, 1.54) is 43.4 Å². The van der Waals surface area contributed by atoms with Crippen LogP contribution in [0, 0.1) is 11.7 Å². The lowest BCUT2D eigenvalue weighted by molar-refractivity contribution is 0.131. The van der Waals surface area contributed by atoms with E-state index in [9.17, 15) is 9.50 Å². The van der Waals surface area contributed by atoms with Crippen LogP contribution in [0.2, 0.25) is 0 Å². The first-order valence-corrected chi connectivity index (χ1v) is 11.2. The van der Waals surface area contributed by atoms with Crippen molar-refractivity contribution in [2.45, 2.75) is 57.0 Å². The summed E-state index contributed by atoms with van der Waals surface area (Å²) in [6.07, 6.45) is 6.93. The summed E-state index contributed by atoms with van der Waals surface area (Å²) in [5.41, 5.74) is 6.45. The molecule has 2 unspecified atom stereocenters. The van der Waals surface area contributed by atoms with Crippen LogP contribution in [-0.4, -0.2) is 10.1 Å². The molecule has 3 heteroatoms. The molecule has 1 heterocycles. The van der Waals surface area contributed by atoms with Gasteiger partial charge in [0.1, 0.15) is 5.82 Å². The van der Waals surface area contributed by atoms with Gasteiger partial charge in [0.05, 0.1) is 6.10 Å². The Morgan fingerprint density at radius 3 is 2.43 bits per heavy atom. The topological polar surface area (TPSA) is 33.1 Å². The number of hydrogen-bond acceptors (Lipinski definition) is 2. The average Bonchev–Trinajstić information content (AvgIpc) is 3.29. The standard InChI is InChI=1S/C27H28FNO/c28-22-12-10-20(11-13-22)23-17-24(21-8-4-5-9-21)29-25-15-19(16-26(30)27(23)25)14-18-6-2-1-3-7-18/h1-3,6-7,10-13,17,19,21,26,30H,4-5,8-9,14-16H2. The molecule has 0 bridgehead atoms. The first kappa shape index (κ1) is 19.4. The summed E-state index contributed by atoms with van der Waals surface area (Å²) < 4.78 is 13.5. The number of halogens is 1. The summed E-state index contributed by atoms with van der Waals surface area (Å²) in [7, 11) is 0. The van der Waals surface area contributed by atoms with E-state index in [1.807, 2.05) is 18.2 Å². The first-order chi connectivity index (χ1) is 14.7. The molecule has 5 rings (SSSR count). The Labute approximate surface area is 177 Å². The summed E-state index contributed by atoms with van der Waals surface area (Å²) >= 11 is 0. The Hall–Kier alpha value is -2.52. The molecule has 0 radical (unpaired) electrons. The molecular formula is C27H28FNO. The van der Waals surface area contributed by atoms with Crippen molar-refractivity contribution in [1.29, 1.82) is 0 Å².